The van der Waals surface area contributed by atoms with Crippen LogP contribution in [0, 0.1) is 5.41 Å². The van der Waals surface area contributed by atoms with Gasteiger partial charge in [-0.15, -0.1) is 24.0 Å². The molecule has 26 heavy (non-hydrogen) atoms. The SMILES string of the molecule is CCNC(=NCc1cccc(OC)c1O)N1CCC2(CCCCC2)C1.I. The Morgan fingerprint density at radius 2 is 2.04 bits per heavy atom. The molecular weight excluding hydrogens is 441 g/mol. The number of phenolic OH excluding ortho intramolecular Hbond substituents is 1. The minimum absolute atomic E-state index is 0. The van der Waals surface area contributed by atoms with Crippen molar-refractivity contribution in [3.05, 3.63) is 23.8 Å². The van der Waals surface area contributed by atoms with Gasteiger partial charge in [0.2, 0.25) is 0 Å². The summed E-state index contributed by atoms with van der Waals surface area (Å²) in [4.78, 5) is 7.20. The molecule has 1 aliphatic heterocycles. The highest BCUT2D eigenvalue weighted by Gasteiger charge is 2.39. The van der Waals surface area contributed by atoms with Crippen LogP contribution in [0.25, 0.3) is 0 Å². The topological polar surface area (TPSA) is 57.1 Å². The maximum absolute atomic E-state index is 10.3. The number of halogens is 1. The van der Waals surface area contributed by atoms with Gasteiger partial charge in [0.15, 0.2) is 17.5 Å². The molecular formula is C20H32IN3O2. The van der Waals surface area contributed by atoms with E-state index in [4.69, 9.17) is 9.73 Å². The number of phenols is 1. The standard InChI is InChI=1S/C20H31N3O2.HI/c1-3-21-19(22-14-16-8-7-9-17(25-2)18(16)24)23-13-12-20(15-23)10-5-4-6-11-20;/h7-9,24H,3-6,10-15H2,1-2H3,(H,21,22);1H. The maximum Gasteiger partial charge on any atom is 0.194 e. The third kappa shape index (κ3) is 4.75. The molecule has 1 aromatic carbocycles. The Kier molecular flexibility index (Phi) is 7.85. The average Bonchev–Trinajstić information content (AvgIpc) is 3.03. The first-order valence-electron chi connectivity index (χ1n) is 9.55. The largest absolute Gasteiger partial charge is 0.504 e. The molecule has 2 fully saturated rings. The van der Waals surface area contributed by atoms with Crippen molar-refractivity contribution in [1.82, 2.24) is 10.2 Å². The molecule has 0 aromatic heterocycles. The van der Waals surface area contributed by atoms with Gasteiger partial charge in [0, 0.05) is 25.2 Å². The summed E-state index contributed by atoms with van der Waals surface area (Å²) >= 11 is 0. The van der Waals surface area contributed by atoms with Crippen LogP contribution in [0.5, 0.6) is 11.5 Å². The Morgan fingerprint density at radius 1 is 1.27 bits per heavy atom. The fourth-order valence-electron chi connectivity index (χ4n) is 4.27. The number of hydrogen-bond donors (Lipinski definition) is 2. The highest BCUT2D eigenvalue weighted by Crippen LogP contribution is 2.43. The molecule has 146 valence electrons. The smallest absolute Gasteiger partial charge is 0.194 e. The van der Waals surface area contributed by atoms with E-state index >= 15 is 0 Å². The van der Waals surface area contributed by atoms with Gasteiger partial charge in [0.1, 0.15) is 0 Å². The normalized spacial score (nSPS) is 19.3. The first-order chi connectivity index (χ1) is 12.2. The molecule has 1 saturated carbocycles. The van der Waals surface area contributed by atoms with Crippen molar-refractivity contribution in [3.63, 3.8) is 0 Å². The minimum atomic E-state index is 0. The second kappa shape index (κ2) is 9.67. The van der Waals surface area contributed by atoms with Gasteiger partial charge in [-0.25, -0.2) is 4.99 Å². The van der Waals surface area contributed by atoms with Crippen LogP contribution < -0.4 is 10.1 Å². The lowest BCUT2D eigenvalue weighted by molar-refractivity contribution is 0.203. The molecule has 0 amide bonds. The van der Waals surface area contributed by atoms with E-state index in [1.165, 1.54) is 38.5 Å². The number of nitrogens with zero attached hydrogens (tertiary/aromatic N) is 2. The maximum atomic E-state index is 10.3. The molecule has 1 aromatic rings. The summed E-state index contributed by atoms with van der Waals surface area (Å²) in [5, 5.41) is 13.7. The van der Waals surface area contributed by atoms with Crippen molar-refractivity contribution < 1.29 is 9.84 Å². The van der Waals surface area contributed by atoms with E-state index < -0.39 is 0 Å². The number of rotatable bonds is 4. The van der Waals surface area contributed by atoms with Gasteiger partial charge >= 0.3 is 0 Å². The van der Waals surface area contributed by atoms with Crippen molar-refractivity contribution in [3.8, 4) is 11.5 Å². The number of methoxy groups -OCH3 is 1. The lowest BCUT2D eigenvalue weighted by Crippen LogP contribution is -2.41. The number of ether oxygens (including phenoxy) is 1. The van der Waals surface area contributed by atoms with Crippen LogP contribution in [0.2, 0.25) is 0 Å². The molecule has 1 saturated heterocycles. The second-order valence-corrected chi connectivity index (χ2v) is 7.37. The van der Waals surface area contributed by atoms with Crippen LogP contribution in [0.3, 0.4) is 0 Å². The van der Waals surface area contributed by atoms with Gasteiger partial charge in [-0.3, -0.25) is 0 Å². The Balaban J connectivity index is 0.00000243. The zero-order valence-corrected chi connectivity index (χ0v) is 18.3. The van der Waals surface area contributed by atoms with Crippen LogP contribution in [0.15, 0.2) is 23.2 Å². The lowest BCUT2D eigenvalue weighted by atomic mass is 9.73. The molecule has 1 heterocycles. The molecule has 1 spiro atoms. The van der Waals surface area contributed by atoms with Crippen LogP contribution in [-0.4, -0.2) is 42.7 Å². The molecule has 0 unspecified atom stereocenters. The first-order valence-corrected chi connectivity index (χ1v) is 9.55. The Bertz CT molecular complexity index is 615. The summed E-state index contributed by atoms with van der Waals surface area (Å²) in [7, 11) is 1.57. The van der Waals surface area contributed by atoms with Gasteiger partial charge in [0.05, 0.1) is 13.7 Å². The summed E-state index contributed by atoms with van der Waals surface area (Å²) in [6, 6.07) is 5.56. The number of likely N-dealkylation sites (tertiary alicyclic amines) is 1. The summed E-state index contributed by atoms with van der Waals surface area (Å²) in [5.74, 6) is 1.65. The highest BCUT2D eigenvalue weighted by atomic mass is 127. The predicted molar refractivity (Wildman–Crippen MR) is 117 cm³/mol. The fourth-order valence-corrected chi connectivity index (χ4v) is 4.27. The third-order valence-electron chi connectivity index (χ3n) is 5.69. The highest BCUT2D eigenvalue weighted by molar-refractivity contribution is 14.0. The number of para-hydroxylation sites is 1. The van der Waals surface area contributed by atoms with Crippen LogP contribution >= 0.6 is 24.0 Å². The molecule has 0 radical (unpaired) electrons. The van der Waals surface area contributed by atoms with Crippen LogP contribution in [0.4, 0.5) is 0 Å². The average molecular weight is 473 g/mol. The van der Waals surface area contributed by atoms with Crippen molar-refractivity contribution in [2.24, 2.45) is 10.4 Å². The summed E-state index contributed by atoms with van der Waals surface area (Å²) in [5.41, 5.74) is 1.30. The first kappa shape index (κ1) is 21.1. The fraction of sp³-hybridized carbons (Fsp3) is 0.650. The predicted octanol–water partition coefficient (Wildman–Crippen LogP) is 4.14. The van der Waals surface area contributed by atoms with E-state index in [1.807, 2.05) is 12.1 Å². The van der Waals surface area contributed by atoms with E-state index in [2.05, 4.69) is 17.1 Å². The molecule has 6 heteroatoms. The van der Waals surface area contributed by atoms with Crippen molar-refractivity contribution in [2.75, 3.05) is 26.7 Å². The molecule has 2 aliphatic rings. The van der Waals surface area contributed by atoms with E-state index in [0.29, 0.717) is 17.7 Å². The molecule has 5 nitrogen and oxygen atoms in total. The van der Waals surface area contributed by atoms with Crippen LogP contribution in [0.1, 0.15) is 51.0 Å². The number of hydrogen-bond acceptors (Lipinski definition) is 3. The number of aliphatic imine (C=N–C) groups is 1. The van der Waals surface area contributed by atoms with Crippen molar-refractivity contribution >= 4 is 29.9 Å². The van der Waals surface area contributed by atoms with Crippen molar-refractivity contribution in [2.45, 2.75) is 52.0 Å². The molecule has 3 rings (SSSR count). The van der Waals surface area contributed by atoms with Gasteiger partial charge < -0.3 is 20.1 Å². The zero-order valence-electron chi connectivity index (χ0n) is 16.0. The van der Waals surface area contributed by atoms with Gasteiger partial charge in [0.25, 0.3) is 0 Å². The number of benzene rings is 1. The van der Waals surface area contributed by atoms with Crippen LogP contribution in [-0.2, 0) is 6.54 Å². The molecule has 2 N–H and O–H groups in total. The summed E-state index contributed by atoms with van der Waals surface area (Å²) in [6.07, 6.45) is 8.14. The second-order valence-electron chi connectivity index (χ2n) is 7.37. The summed E-state index contributed by atoms with van der Waals surface area (Å²) in [6.45, 7) is 5.60. The Morgan fingerprint density at radius 3 is 2.73 bits per heavy atom. The quantitative estimate of drug-likeness (QED) is 0.392. The Labute approximate surface area is 174 Å². The third-order valence-corrected chi connectivity index (χ3v) is 5.69. The molecule has 0 bridgehead atoms. The van der Waals surface area contributed by atoms with Crippen molar-refractivity contribution in [1.29, 1.82) is 0 Å². The van der Waals surface area contributed by atoms with Gasteiger partial charge in [-0.1, -0.05) is 31.4 Å². The zero-order chi connectivity index (χ0) is 17.7. The van der Waals surface area contributed by atoms with E-state index in [0.717, 1.165) is 31.2 Å². The van der Waals surface area contributed by atoms with E-state index in [-0.39, 0.29) is 29.7 Å². The number of nitrogens with one attached hydrogen (secondary N) is 1. The van der Waals surface area contributed by atoms with E-state index in [9.17, 15) is 5.11 Å². The molecule has 1 aliphatic carbocycles. The number of aromatic hydroxyl groups is 1. The number of guanidine groups is 1. The monoisotopic (exact) mass is 473 g/mol. The van der Waals surface area contributed by atoms with Gasteiger partial charge in [-0.2, -0.15) is 0 Å². The minimum Gasteiger partial charge on any atom is -0.504 e. The molecule has 0 atom stereocenters. The Hall–Kier alpha value is -1.18. The lowest BCUT2D eigenvalue weighted by Gasteiger charge is -2.33. The summed E-state index contributed by atoms with van der Waals surface area (Å²) < 4.78 is 5.19. The van der Waals surface area contributed by atoms with Gasteiger partial charge in [-0.05, 0) is 37.7 Å². The van der Waals surface area contributed by atoms with E-state index in [1.54, 1.807) is 13.2 Å².